The highest BCUT2D eigenvalue weighted by Gasteiger charge is 2.33. The third-order valence-electron chi connectivity index (χ3n) is 3.55. The van der Waals surface area contributed by atoms with Crippen LogP contribution in [0.2, 0.25) is 0 Å². The monoisotopic (exact) mass is 297 g/mol. The van der Waals surface area contributed by atoms with E-state index in [1.807, 2.05) is 32.0 Å². The summed E-state index contributed by atoms with van der Waals surface area (Å²) in [6.07, 6.45) is 1.90. The summed E-state index contributed by atoms with van der Waals surface area (Å²) in [6.45, 7) is 5.42. The Morgan fingerprint density at radius 1 is 1.30 bits per heavy atom. The number of rotatable bonds is 5. The van der Waals surface area contributed by atoms with Crippen LogP contribution >= 0.6 is 0 Å². The van der Waals surface area contributed by atoms with Crippen molar-refractivity contribution in [3.8, 4) is 0 Å². The van der Waals surface area contributed by atoms with Crippen molar-refractivity contribution in [2.45, 2.75) is 39.3 Å². The Hall–Kier alpha value is -1.11. The van der Waals surface area contributed by atoms with Crippen molar-refractivity contribution in [1.82, 2.24) is 8.61 Å². The third kappa shape index (κ3) is 3.31. The highest BCUT2D eigenvalue weighted by Crippen LogP contribution is 2.21. The van der Waals surface area contributed by atoms with Crippen molar-refractivity contribution in [2.75, 3.05) is 18.8 Å². The van der Waals surface area contributed by atoms with Gasteiger partial charge in [-0.05, 0) is 44.4 Å². The van der Waals surface area contributed by atoms with Gasteiger partial charge in [-0.25, -0.2) is 0 Å². The molecule has 0 bridgehead atoms. The Balaban J connectivity index is 2.23. The molecule has 1 fully saturated rings. The minimum absolute atomic E-state index is 0.0815. The van der Waals surface area contributed by atoms with Gasteiger partial charge in [-0.15, -0.1) is 0 Å². The molecule has 1 saturated heterocycles. The first-order chi connectivity index (χ1) is 9.41. The average molecular weight is 297 g/mol. The average Bonchev–Trinajstić information content (AvgIpc) is 2.90. The smallest absolute Gasteiger partial charge is 0.282 e. The number of benzene rings is 1. The molecule has 5 nitrogen and oxygen atoms in total. The molecule has 2 N–H and O–H groups in total. The van der Waals surface area contributed by atoms with Crippen molar-refractivity contribution in [3.63, 3.8) is 0 Å². The standard InChI is InChI=1S/C14H23N3O2S/c1-12(2)17(11-13-6-5-7-14(15)10-13)20(18,19)16-8-3-4-9-16/h5-7,10,12H,3-4,8-9,11,15H2,1-2H3. The second-order valence-corrected chi connectivity index (χ2v) is 7.38. The number of nitrogen functional groups attached to an aromatic ring is 1. The largest absolute Gasteiger partial charge is 0.399 e. The number of hydrogen-bond acceptors (Lipinski definition) is 3. The molecule has 0 saturated carbocycles. The van der Waals surface area contributed by atoms with Crippen LogP contribution in [0, 0.1) is 0 Å². The zero-order valence-electron chi connectivity index (χ0n) is 12.1. The van der Waals surface area contributed by atoms with E-state index in [1.54, 1.807) is 14.7 Å². The third-order valence-corrected chi connectivity index (χ3v) is 5.71. The first-order valence-electron chi connectivity index (χ1n) is 7.02. The van der Waals surface area contributed by atoms with Gasteiger partial charge in [0.15, 0.2) is 0 Å². The van der Waals surface area contributed by atoms with Crippen LogP contribution in [0.3, 0.4) is 0 Å². The molecule has 0 atom stereocenters. The van der Waals surface area contributed by atoms with Crippen LogP contribution < -0.4 is 5.73 Å². The van der Waals surface area contributed by atoms with Gasteiger partial charge in [0.05, 0.1) is 0 Å². The summed E-state index contributed by atoms with van der Waals surface area (Å²) >= 11 is 0. The summed E-state index contributed by atoms with van der Waals surface area (Å²) in [5.41, 5.74) is 7.34. The topological polar surface area (TPSA) is 66.6 Å². The van der Waals surface area contributed by atoms with Crippen LogP contribution in [0.5, 0.6) is 0 Å². The maximum atomic E-state index is 12.7. The van der Waals surface area contributed by atoms with E-state index in [1.165, 1.54) is 0 Å². The predicted octanol–water partition coefficient (Wildman–Crippen LogP) is 1.82. The highest BCUT2D eigenvalue weighted by atomic mass is 32.2. The van der Waals surface area contributed by atoms with E-state index in [9.17, 15) is 8.42 Å². The molecule has 0 spiro atoms. The van der Waals surface area contributed by atoms with E-state index in [4.69, 9.17) is 5.73 Å². The molecule has 6 heteroatoms. The summed E-state index contributed by atoms with van der Waals surface area (Å²) in [6, 6.07) is 7.31. The fraction of sp³-hybridized carbons (Fsp3) is 0.571. The molecule has 112 valence electrons. The van der Waals surface area contributed by atoms with E-state index in [0.717, 1.165) is 18.4 Å². The molecular formula is C14H23N3O2S. The van der Waals surface area contributed by atoms with E-state index < -0.39 is 10.2 Å². The van der Waals surface area contributed by atoms with E-state index in [-0.39, 0.29) is 6.04 Å². The van der Waals surface area contributed by atoms with Gasteiger partial charge in [-0.2, -0.15) is 17.0 Å². The number of hydrogen-bond donors (Lipinski definition) is 1. The molecule has 0 amide bonds. The fourth-order valence-electron chi connectivity index (χ4n) is 2.47. The Bertz CT molecular complexity index is 551. The van der Waals surface area contributed by atoms with Crippen LogP contribution in [0.25, 0.3) is 0 Å². The lowest BCUT2D eigenvalue weighted by Gasteiger charge is -2.30. The van der Waals surface area contributed by atoms with Gasteiger partial charge in [0.1, 0.15) is 0 Å². The molecule has 0 unspecified atom stereocenters. The van der Waals surface area contributed by atoms with Gasteiger partial charge < -0.3 is 5.73 Å². The molecule has 2 rings (SSSR count). The van der Waals surface area contributed by atoms with Gasteiger partial charge in [0, 0.05) is 31.4 Å². The predicted molar refractivity (Wildman–Crippen MR) is 81.3 cm³/mol. The molecule has 0 aromatic heterocycles. The normalized spacial score (nSPS) is 17.2. The van der Waals surface area contributed by atoms with Crippen LogP contribution in [-0.4, -0.2) is 36.2 Å². The summed E-state index contributed by atoms with van der Waals surface area (Å²) in [5, 5.41) is 0. The van der Waals surface area contributed by atoms with Crippen molar-refractivity contribution in [2.24, 2.45) is 0 Å². The lowest BCUT2D eigenvalue weighted by Crippen LogP contribution is -2.45. The second-order valence-electron chi connectivity index (χ2n) is 5.50. The van der Waals surface area contributed by atoms with Gasteiger partial charge in [-0.1, -0.05) is 12.1 Å². The Morgan fingerprint density at radius 2 is 1.95 bits per heavy atom. The molecule has 1 aliphatic rings. The maximum Gasteiger partial charge on any atom is 0.282 e. The molecule has 1 aromatic rings. The zero-order valence-corrected chi connectivity index (χ0v) is 12.9. The van der Waals surface area contributed by atoms with E-state index >= 15 is 0 Å². The highest BCUT2D eigenvalue weighted by molar-refractivity contribution is 7.86. The molecule has 1 heterocycles. The lowest BCUT2D eigenvalue weighted by atomic mass is 10.2. The summed E-state index contributed by atoms with van der Waals surface area (Å²) in [7, 11) is -3.39. The van der Waals surface area contributed by atoms with Gasteiger partial charge in [0.25, 0.3) is 10.2 Å². The first kappa shape index (κ1) is 15.3. The Morgan fingerprint density at radius 3 is 2.50 bits per heavy atom. The van der Waals surface area contributed by atoms with Crippen LogP contribution in [0.15, 0.2) is 24.3 Å². The molecule has 0 aliphatic carbocycles. The summed E-state index contributed by atoms with van der Waals surface area (Å²) in [5.74, 6) is 0. The first-order valence-corrected chi connectivity index (χ1v) is 8.42. The molecule has 20 heavy (non-hydrogen) atoms. The molecule has 1 aromatic carbocycles. The van der Waals surface area contributed by atoms with Gasteiger partial charge >= 0.3 is 0 Å². The number of nitrogens with zero attached hydrogens (tertiary/aromatic N) is 2. The minimum Gasteiger partial charge on any atom is -0.399 e. The van der Waals surface area contributed by atoms with E-state index in [2.05, 4.69) is 0 Å². The van der Waals surface area contributed by atoms with Gasteiger partial charge in [-0.3, -0.25) is 0 Å². The molecular weight excluding hydrogens is 274 g/mol. The molecule has 0 radical (unpaired) electrons. The van der Waals surface area contributed by atoms with Crippen LogP contribution in [0.4, 0.5) is 5.69 Å². The minimum atomic E-state index is -3.39. The second kappa shape index (κ2) is 6.11. The van der Waals surface area contributed by atoms with Crippen molar-refractivity contribution in [1.29, 1.82) is 0 Å². The SMILES string of the molecule is CC(C)N(Cc1cccc(N)c1)S(=O)(=O)N1CCCC1. The van der Waals surface area contributed by atoms with E-state index in [0.29, 0.717) is 25.3 Å². The molecule has 1 aliphatic heterocycles. The quantitative estimate of drug-likeness (QED) is 0.843. The Kier molecular flexibility index (Phi) is 4.67. The summed E-state index contributed by atoms with van der Waals surface area (Å²) < 4.78 is 28.5. The van der Waals surface area contributed by atoms with Crippen molar-refractivity contribution >= 4 is 15.9 Å². The zero-order chi connectivity index (χ0) is 14.8. The van der Waals surface area contributed by atoms with Crippen molar-refractivity contribution in [3.05, 3.63) is 29.8 Å². The maximum absolute atomic E-state index is 12.7. The summed E-state index contributed by atoms with van der Waals surface area (Å²) in [4.78, 5) is 0. The Labute approximate surface area is 121 Å². The van der Waals surface area contributed by atoms with Crippen molar-refractivity contribution < 1.29 is 8.42 Å². The van der Waals surface area contributed by atoms with Crippen LogP contribution in [-0.2, 0) is 16.8 Å². The number of anilines is 1. The fourth-order valence-corrected chi connectivity index (χ4v) is 4.33. The number of nitrogens with two attached hydrogens (primary N) is 1. The van der Waals surface area contributed by atoms with Gasteiger partial charge in [0.2, 0.25) is 0 Å². The van der Waals surface area contributed by atoms with Crippen LogP contribution in [0.1, 0.15) is 32.3 Å². The lowest BCUT2D eigenvalue weighted by molar-refractivity contribution is 0.313.